The van der Waals surface area contributed by atoms with Gasteiger partial charge in [-0.2, -0.15) is 8.78 Å². The van der Waals surface area contributed by atoms with E-state index in [2.05, 4.69) is 26.0 Å². The molecule has 2 aromatic rings. The molecule has 0 aliphatic heterocycles. The van der Waals surface area contributed by atoms with Gasteiger partial charge in [0.25, 0.3) is 5.69 Å². The average molecular weight is 391 g/mol. The molecule has 1 N–H and O–H groups in total. The third-order valence-electron chi connectivity index (χ3n) is 2.90. The molecule has 5 nitrogen and oxygen atoms in total. The van der Waals surface area contributed by atoms with Crippen LogP contribution >= 0.6 is 15.9 Å². The van der Waals surface area contributed by atoms with Gasteiger partial charge in [-0.15, -0.1) is 0 Å². The Morgan fingerprint density at radius 3 is 2.70 bits per heavy atom. The molecule has 0 aliphatic carbocycles. The molecule has 0 bridgehead atoms. The van der Waals surface area contributed by atoms with E-state index in [4.69, 9.17) is 0 Å². The molecular weight excluding hydrogens is 381 g/mol. The molecule has 9 heteroatoms. The average Bonchev–Trinajstić information content (AvgIpc) is 2.45. The van der Waals surface area contributed by atoms with E-state index in [1.807, 2.05) is 0 Å². The van der Waals surface area contributed by atoms with E-state index < -0.39 is 17.4 Å². The van der Waals surface area contributed by atoms with Gasteiger partial charge in [0.1, 0.15) is 17.3 Å². The van der Waals surface area contributed by atoms with Crippen molar-refractivity contribution >= 4 is 27.3 Å². The van der Waals surface area contributed by atoms with Crippen LogP contribution in [0.3, 0.4) is 0 Å². The van der Waals surface area contributed by atoms with Crippen molar-refractivity contribution in [2.75, 3.05) is 5.32 Å². The zero-order chi connectivity index (χ0) is 17.0. The van der Waals surface area contributed by atoms with Crippen LogP contribution in [-0.4, -0.2) is 11.5 Å². The van der Waals surface area contributed by atoms with Gasteiger partial charge in [-0.1, -0.05) is 22.0 Å². The summed E-state index contributed by atoms with van der Waals surface area (Å²) in [6, 6.07) is 7.71. The Hall–Kier alpha value is -2.29. The maximum absolute atomic E-state index is 13.8. The van der Waals surface area contributed by atoms with Crippen LogP contribution in [0, 0.1) is 15.9 Å². The number of benzene rings is 2. The molecule has 0 saturated carbocycles. The van der Waals surface area contributed by atoms with Crippen LogP contribution in [0.25, 0.3) is 0 Å². The van der Waals surface area contributed by atoms with Crippen molar-refractivity contribution in [3.63, 3.8) is 0 Å². The van der Waals surface area contributed by atoms with Gasteiger partial charge in [0.2, 0.25) is 0 Å². The third-order valence-corrected chi connectivity index (χ3v) is 3.40. The molecule has 0 heterocycles. The number of halogens is 4. The molecule has 0 aromatic heterocycles. The summed E-state index contributed by atoms with van der Waals surface area (Å²) in [6.45, 7) is -3.36. The number of rotatable bonds is 6. The Morgan fingerprint density at radius 2 is 2.04 bits per heavy atom. The largest absolute Gasteiger partial charge is 0.434 e. The molecule has 2 aromatic carbocycles. The van der Waals surface area contributed by atoms with Crippen molar-refractivity contribution in [1.29, 1.82) is 0 Å². The van der Waals surface area contributed by atoms with Crippen LogP contribution in [0.1, 0.15) is 5.56 Å². The highest BCUT2D eigenvalue weighted by atomic mass is 79.9. The summed E-state index contributed by atoms with van der Waals surface area (Å²) in [5, 5.41) is 13.6. The highest BCUT2D eigenvalue weighted by molar-refractivity contribution is 9.10. The quantitative estimate of drug-likeness (QED) is 0.572. The molecule has 0 fully saturated rings. The van der Waals surface area contributed by atoms with E-state index in [1.165, 1.54) is 30.3 Å². The Labute approximate surface area is 137 Å². The fraction of sp³-hybridized carbons (Fsp3) is 0.143. The highest BCUT2D eigenvalue weighted by Crippen LogP contribution is 2.30. The number of anilines is 1. The Morgan fingerprint density at radius 1 is 1.30 bits per heavy atom. The second-order valence-electron chi connectivity index (χ2n) is 4.37. The standard InChI is InChI=1S/C14H10BrF3N2O3/c15-8-4-5-12(20(21)22)11(6-8)19-7-9-10(16)2-1-3-13(9)23-14(17)18/h1-6,14,19H,7H2. The van der Waals surface area contributed by atoms with Gasteiger partial charge in [0.15, 0.2) is 0 Å². The van der Waals surface area contributed by atoms with Gasteiger partial charge in [-0.25, -0.2) is 4.39 Å². The van der Waals surface area contributed by atoms with E-state index in [0.29, 0.717) is 4.47 Å². The van der Waals surface area contributed by atoms with Gasteiger partial charge < -0.3 is 10.1 Å². The van der Waals surface area contributed by atoms with Gasteiger partial charge in [0.05, 0.1) is 4.92 Å². The molecule has 0 atom stereocenters. The SMILES string of the molecule is O=[N+]([O-])c1ccc(Br)cc1NCc1c(F)cccc1OC(F)F. The van der Waals surface area contributed by atoms with E-state index >= 15 is 0 Å². The summed E-state index contributed by atoms with van der Waals surface area (Å²) in [5.41, 5.74) is -0.251. The number of alkyl halides is 2. The minimum absolute atomic E-state index is 0.121. The Bertz CT molecular complexity index is 728. The molecule has 2 rings (SSSR count). The fourth-order valence-electron chi connectivity index (χ4n) is 1.91. The summed E-state index contributed by atoms with van der Waals surface area (Å²) in [6.07, 6.45) is 0. The van der Waals surface area contributed by atoms with Crippen LogP contribution in [0.5, 0.6) is 5.75 Å². The minimum atomic E-state index is -3.10. The summed E-state index contributed by atoms with van der Waals surface area (Å²) >= 11 is 3.17. The summed E-state index contributed by atoms with van der Waals surface area (Å²) < 4.78 is 43.4. The predicted molar refractivity (Wildman–Crippen MR) is 81.2 cm³/mol. The number of ether oxygens (including phenoxy) is 1. The first-order chi connectivity index (χ1) is 10.9. The molecule has 0 unspecified atom stereocenters. The van der Waals surface area contributed by atoms with Gasteiger partial charge in [0, 0.05) is 22.6 Å². The van der Waals surface area contributed by atoms with Crippen LogP contribution in [0.15, 0.2) is 40.9 Å². The lowest BCUT2D eigenvalue weighted by atomic mass is 10.1. The van der Waals surface area contributed by atoms with Gasteiger partial charge in [-0.3, -0.25) is 10.1 Å². The number of nitro groups is 1. The van der Waals surface area contributed by atoms with Crippen LogP contribution < -0.4 is 10.1 Å². The zero-order valence-corrected chi connectivity index (χ0v) is 13.0. The lowest BCUT2D eigenvalue weighted by molar-refractivity contribution is -0.384. The van der Waals surface area contributed by atoms with E-state index in [-0.39, 0.29) is 29.2 Å². The number of nitrogens with zero attached hydrogens (tertiary/aromatic N) is 1. The van der Waals surface area contributed by atoms with Crippen molar-refractivity contribution in [1.82, 2.24) is 0 Å². The molecule has 0 amide bonds. The van der Waals surface area contributed by atoms with Crippen molar-refractivity contribution in [2.24, 2.45) is 0 Å². The van der Waals surface area contributed by atoms with Crippen molar-refractivity contribution in [2.45, 2.75) is 13.2 Å². The first-order valence-electron chi connectivity index (χ1n) is 6.28. The second kappa shape index (κ2) is 7.32. The molecule has 0 spiro atoms. The fourth-order valence-corrected chi connectivity index (χ4v) is 2.27. The Balaban J connectivity index is 2.28. The number of nitrogens with one attached hydrogen (secondary N) is 1. The highest BCUT2D eigenvalue weighted by Gasteiger charge is 2.17. The van der Waals surface area contributed by atoms with E-state index in [1.54, 1.807) is 0 Å². The third kappa shape index (κ3) is 4.35. The maximum atomic E-state index is 13.8. The summed E-state index contributed by atoms with van der Waals surface area (Å²) in [4.78, 5) is 10.4. The smallest absolute Gasteiger partial charge is 0.387 e. The lowest BCUT2D eigenvalue weighted by Crippen LogP contribution is -2.09. The topological polar surface area (TPSA) is 64.4 Å². The minimum Gasteiger partial charge on any atom is -0.434 e. The molecule has 0 saturated heterocycles. The van der Waals surface area contributed by atoms with E-state index in [9.17, 15) is 23.3 Å². The van der Waals surface area contributed by atoms with Crippen LogP contribution in [0.4, 0.5) is 24.5 Å². The van der Waals surface area contributed by atoms with E-state index in [0.717, 1.165) is 6.07 Å². The van der Waals surface area contributed by atoms with Crippen LogP contribution in [0.2, 0.25) is 0 Å². The number of hydrogen-bond donors (Lipinski definition) is 1. The van der Waals surface area contributed by atoms with Crippen molar-refractivity contribution < 1.29 is 22.8 Å². The molecule has 23 heavy (non-hydrogen) atoms. The summed E-state index contributed by atoms with van der Waals surface area (Å²) in [7, 11) is 0. The monoisotopic (exact) mass is 390 g/mol. The molecule has 0 aliphatic rings. The zero-order valence-electron chi connectivity index (χ0n) is 11.4. The van der Waals surface area contributed by atoms with Crippen molar-refractivity contribution in [3.8, 4) is 5.75 Å². The summed E-state index contributed by atoms with van der Waals surface area (Å²) in [5.74, 6) is -1.08. The van der Waals surface area contributed by atoms with Gasteiger partial charge in [-0.05, 0) is 24.3 Å². The lowest BCUT2D eigenvalue weighted by Gasteiger charge is -2.13. The van der Waals surface area contributed by atoms with Crippen molar-refractivity contribution in [3.05, 3.63) is 62.4 Å². The van der Waals surface area contributed by atoms with Gasteiger partial charge >= 0.3 is 6.61 Å². The number of hydrogen-bond acceptors (Lipinski definition) is 4. The van der Waals surface area contributed by atoms with Crippen LogP contribution in [-0.2, 0) is 6.54 Å². The maximum Gasteiger partial charge on any atom is 0.387 e. The second-order valence-corrected chi connectivity index (χ2v) is 5.28. The molecular formula is C14H10BrF3N2O3. The molecule has 122 valence electrons. The first kappa shape index (κ1) is 17.1. The Kier molecular flexibility index (Phi) is 5.43. The predicted octanol–water partition coefficient (Wildman–Crippen LogP) is 4.71. The number of nitro benzene ring substituents is 1. The first-order valence-corrected chi connectivity index (χ1v) is 7.08. The normalized spacial score (nSPS) is 10.7. The molecule has 0 radical (unpaired) electrons.